The maximum atomic E-state index is 6.28. The Morgan fingerprint density at radius 2 is 2.10 bits per heavy atom. The van der Waals surface area contributed by atoms with Crippen LogP contribution in [-0.4, -0.2) is 4.75 Å². The Hall–Kier alpha value is -1.12. The van der Waals surface area contributed by atoms with Gasteiger partial charge in [0.05, 0.1) is 4.75 Å². The number of hydrogen-bond donors (Lipinski definition) is 1. The molecule has 3 heteroatoms. The lowest BCUT2D eigenvalue weighted by molar-refractivity contribution is 0.609. The van der Waals surface area contributed by atoms with Gasteiger partial charge in [0, 0.05) is 32.8 Å². The lowest BCUT2D eigenvalue weighted by atomic mass is 9.95. The Bertz CT molecular complexity index is 607. The molecule has 1 aromatic carbocycles. The molecule has 2 unspecified atom stereocenters. The molecule has 20 heavy (non-hydrogen) atoms. The minimum atomic E-state index is 0.00728. The Kier molecular flexibility index (Phi) is 3.47. The van der Waals surface area contributed by atoms with E-state index in [-0.39, 0.29) is 4.75 Å². The molecule has 0 aromatic heterocycles. The molecule has 1 aromatic rings. The molecule has 1 N–H and O–H groups in total. The van der Waals surface area contributed by atoms with E-state index < -0.39 is 0 Å². The molecule has 104 valence electrons. The van der Waals surface area contributed by atoms with Crippen LogP contribution in [-0.2, 0) is 0 Å². The van der Waals surface area contributed by atoms with Gasteiger partial charge in [0.1, 0.15) is 0 Å². The van der Waals surface area contributed by atoms with Gasteiger partial charge in [-0.25, -0.2) is 0 Å². The van der Waals surface area contributed by atoms with Crippen molar-refractivity contribution in [2.45, 2.75) is 24.0 Å². The molecule has 0 radical (unpaired) electrons. The Balaban J connectivity index is 1.91. The third-order valence-electron chi connectivity index (χ3n) is 4.33. The summed E-state index contributed by atoms with van der Waals surface area (Å²) < 4.78 is 0.00728. The van der Waals surface area contributed by atoms with Crippen molar-refractivity contribution in [1.82, 2.24) is 5.32 Å². The molecule has 2 atom stereocenters. The van der Waals surface area contributed by atoms with Crippen LogP contribution in [0.2, 0.25) is 5.02 Å². The predicted molar refractivity (Wildman–Crippen MR) is 89.6 cm³/mol. The number of hydrogen-bond acceptors (Lipinski definition) is 2. The molecule has 2 fully saturated rings. The number of rotatable bonds is 3. The summed E-state index contributed by atoms with van der Waals surface area (Å²) in [6.07, 6.45) is 3.51. The number of thioether (sulfide) groups is 1. The summed E-state index contributed by atoms with van der Waals surface area (Å²) in [7, 11) is 0. The second-order valence-electron chi connectivity index (χ2n) is 5.47. The summed E-state index contributed by atoms with van der Waals surface area (Å²) in [4.78, 5) is 1.01. The van der Waals surface area contributed by atoms with Gasteiger partial charge in [-0.05, 0) is 18.9 Å². The first-order valence-electron chi connectivity index (χ1n) is 6.82. The van der Waals surface area contributed by atoms with Crippen molar-refractivity contribution < 1.29 is 0 Å². The molecule has 0 bridgehead atoms. The first-order chi connectivity index (χ1) is 9.54. The maximum Gasteiger partial charge on any atom is 0.0681 e. The van der Waals surface area contributed by atoms with Gasteiger partial charge in [0.25, 0.3) is 0 Å². The second kappa shape index (κ2) is 5.01. The lowest BCUT2D eigenvalue weighted by Gasteiger charge is -2.29. The van der Waals surface area contributed by atoms with Crippen LogP contribution in [0.5, 0.6) is 0 Å². The van der Waals surface area contributed by atoms with Crippen LogP contribution in [0.25, 0.3) is 4.91 Å². The molecule has 1 heterocycles. The third-order valence-corrected chi connectivity index (χ3v) is 6.22. The molecular weight excluding hydrogens is 286 g/mol. The van der Waals surface area contributed by atoms with E-state index >= 15 is 0 Å². The number of allylic oxidation sites excluding steroid dienone is 1. The van der Waals surface area contributed by atoms with E-state index in [0.29, 0.717) is 5.92 Å². The Labute approximate surface area is 129 Å². The minimum Gasteiger partial charge on any atom is -0.362 e. The van der Waals surface area contributed by atoms with Crippen molar-refractivity contribution in [3.8, 4) is 0 Å². The fourth-order valence-electron chi connectivity index (χ4n) is 3.33. The lowest BCUT2D eigenvalue weighted by Crippen LogP contribution is -2.26. The highest BCUT2D eigenvalue weighted by atomic mass is 35.5. The van der Waals surface area contributed by atoms with Gasteiger partial charge in [-0.1, -0.05) is 56.0 Å². The van der Waals surface area contributed by atoms with Crippen LogP contribution in [0.3, 0.4) is 0 Å². The predicted octanol–water partition coefficient (Wildman–Crippen LogP) is 5.21. The monoisotopic (exact) mass is 303 g/mol. The summed E-state index contributed by atoms with van der Waals surface area (Å²) in [6, 6.07) is 7.88. The second-order valence-corrected chi connectivity index (χ2v) is 7.30. The van der Waals surface area contributed by atoms with E-state index in [2.05, 4.69) is 25.1 Å². The highest BCUT2D eigenvalue weighted by molar-refractivity contribution is 8.09. The molecule has 1 aliphatic carbocycles. The largest absolute Gasteiger partial charge is 0.362 e. The quantitative estimate of drug-likeness (QED) is 0.822. The van der Waals surface area contributed by atoms with E-state index in [1.807, 2.05) is 24.3 Å². The highest BCUT2D eigenvalue weighted by Crippen LogP contribution is 2.58. The van der Waals surface area contributed by atoms with Crippen LogP contribution >= 0.6 is 23.4 Å². The summed E-state index contributed by atoms with van der Waals surface area (Å²) in [5.74, 6) is 0.458. The molecular formula is C17H18ClNS. The topological polar surface area (TPSA) is 12.0 Å². The van der Waals surface area contributed by atoms with Gasteiger partial charge < -0.3 is 5.32 Å². The van der Waals surface area contributed by atoms with E-state index in [0.717, 1.165) is 33.3 Å². The first-order valence-corrected chi connectivity index (χ1v) is 8.02. The number of halogens is 1. The number of nitrogens with one attached hydrogen (secondary N) is 1. The van der Waals surface area contributed by atoms with Crippen molar-refractivity contribution >= 4 is 28.3 Å². The summed E-state index contributed by atoms with van der Waals surface area (Å²) in [5.41, 5.74) is 3.19. The molecule has 1 aliphatic heterocycles. The fourth-order valence-corrected chi connectivity index (χ4v) is 5.18. The first kappa shape index (κ1) is 13.8. The summed E-state index contributed by atoms with van der Waals surface area (Å²) >= 11 is 8.08. The maximum absolute atomic E-state index is 6.28. The van der Waals surface area contributed by atoms with E-state index in [1.165, 1.54) is 12.8 Å². The number of fused-ring (bicyclic) bond motifs is 1. The van der Waals surface area contributed by atoms with Gasteiger partial charge in [0.15, 0.2) is 0 Å². The molecule has 0 spiro atoms. The molecule has 2 aliphatic rings. The number of benzene rings is 1. The zero-order chi connectivity index (χ0) is 14.3. The van der Waals surface area contributed by atoms with E-state index in [1.54, 1.807) is 11.8 Å². The SMILES string of the molecule is C=C(SC12CCCC1C(=C)NC2=C)c1ccccc1Cl. The summed E-state index contributed by atoms with van der Waals surface area (Å²) in [5, 5.41) is 4.10. The molecule has 0 amide bonds. The van der Waals surface area contributed by atoms with E-state index in [4.69, 9.17) is 11.6 Å². The smallest absolute Gasteiger partial charge is 0.0681 e. The van der Waals surface area contributed by atoms with Gasteiger partial charge in [-0.3, -0.25) is 0 Å². The average Bonchev–Trinajstić information content (AvgIpc) is 2.92. The van der Waals surface area contributed by atoms with Crippen molar-refractivity contribution in [2.75, 3.05) is 0 Å². The van der Waals surface area contributed by atoms with Gasteiger partial charge in [0.2, 0.25) is 0 Å². The summed E-state index contributed by atoms with van der Waals surface area (Å²) in [6.45, 7) is 12.6. The van der Waals surface area contributed by atoms with Crippen LogP contribution < -0.4 is 5.32 Å². The van der Waals surface area contributed by atoms with Crippen molar-refractivity contribution in [3.63, 3.8) is 0 Å². The Morgan fingerprint density at radius 1 is 1.35 bits per heavy atom. The Morgan fingerprint density at radius 3 is 2.85 bits per heavy atom. The van der Waals surface area contributed by atoms with Crippen LogP contribution in [0.15, 0.2) is 55.4 Å². The average molecular weight is 304 g/mol. The normalized spacial score (nSPS) is 28.4. The van der Waals surface area contributed by atoms with Crippen molar-refractivity contribution in [1.29, 1.82) is 0 Å². The highest BCUT2D eigenvalue weighted by Gasteiger charge is 2.52. The molecule has 1 nitrogen and oxygen atoms in total. The third kappa shape index (κ3) is 2.02. The van der Waals surface area contributed by atoms with E-state index in [9.17, 15) is 0 Å². The minimum absolute atomic E-state index is 0.00728. The van der Waals surface area contributed by atoms with Crippen LogP contribution in [0.1, 0.15) is 24.8 Å². The molecule has 3 rings (SSSR count). The zero-order valence-electron chi connectivity index (χ0n) is 11.4. The molecule has 1 saturated carbocycles. The van der Waals surface area contributed by atoms with Crippen LogP contribution in [0.4, 0.5) is 0 Å². The van der Waals surface area contributed by atoms with Gasteiger partial charge in [-0.15, -0.1) is 11.8 Å². The van der Waals surface area contributed by atoms with Crippen molar-refractivity contribution in [2.24, 2.45) is 5.92 Å². The van der Waals surface area contributed by atoms with Gasteiger partial charge in [-0.2, -0.15) is 0 Å². The van der Waals surface area contributed by atoms with Gasteiger partial charge >= 0.3 is 0 Å². The fraction of sp³-hybridized carbons (Fsp3) is 0.294. The van der Waals surface area contributed by atoms with Crippen LogP contribution in [0, 0.1) is 5.92 Å². The zero-order valence-corrected chi connectivity index (χ0v) is 13.0. The standard InChI is InChI=1S/C17H18ClNS/c1-11-15-8-6-10-17(15,13(3)19-11)20-12(2)14-7-4-5-9-16(14)18/h4-5,7,9,15,19H,1-3,6,8,10H2. The molecule has 1 saturated heterocycles. The van der Waals surface area contributed by atoms with Crippen molar-refractivity contribution in [3.05, 3.63) is 66.0 Å².